The highest BCUT2D eigenvalue weighted by molar-refractivity contribution is 6.32. The van der Waals surface area contributed by atoms with Crippen molar-refractivity contribution in [3.63, 3.8) is 0 Å². The van der Waals surface area contributed by atoms with Crippen LogP contribution in [0, 0.1) is 0 Å². The van der Waals surface area contributed by atoms with Gasteiger partial charge in [0.2, 0.25) is 0 Å². The summed E-state index contributed by atoms with van der Waals surface area (Å²) >= 11 is 11.7. The minimum absolute atomic E-state index is 0.0137. The van der Waals surface area contributed by atoms with Crippen LogP contribution in [0.2, 0.25) is 10.3 Å². The summed E-state index contributed by atoms with van der Waals surface area (Å²) in [7, 11) is 0. The van der Waals surface area contributed by atoms with Gasteiger partial charge in [-0.1, -0.05) is 77.8 Å². The van der Waals surface area contributed by atoms with E-state index >= 15 is 0 Å². The first-order valence-electron chi connectivity index (χ1n) is 9.72. The molecule has 31 heavy (non-hydrogen) atoms. The SMILES string of the molecule is O=C(NCC(O)C(O)c1ccc(Cl)nc1Cl)OCC1c2ccccc2-c2ccccc21. The van der Waals surface area contributed by atoms with Crippen LogP contribution in [0.1, 0.15) is 28.7 Å². The van der Waals surface area contributed by atoms with Gasteiger partial charge >= 0.3 is 6.09 Å². The summed E-state index contributed by atoms with van der Waals surface area (Å²) in [4.78, 5) is 16.0. The maximum Gasteiger partial charge on any atom is 0.407 e. The molecule has 0 radical (unpaired) electrons. The van der Waals surface area contributed by atoms with E-state index in [9.17, 15) is 15.0 Å². The second kappa shape index (κ2) is 9.24. The third kappa shape index (κ3) is 4.52. The number of hydrogen-bond donors (Lipinski definition) is 3. The maximum absolute atomic E-state index is 12.2. The number of pyridine rings is 1. The van der Waals surface area contributed by atoms with Gasteiger partial charge in [-0.05, 0) is 28.3 Å². The zero-order valence-electron chi connectivity index (χ0n) is 16.3. The van der Waals surface area contributed by atoms with E-state index in [-0.39, 0.29) is 34.9 Å². The lowest BCUT2D eigenvalue weighted by Gasteiger charge is -2.20. The number of hydrogen-bond acceptors (Lipinski definition) is 5. The van der Waals surface area contributed by atoms with Crippen LogP contribution in [0.4, 0.5) is 4.79 Å². The largest absolute Gasteiger partial charge is 0.449 e. The van der Waals surface area contributed by atoms with Crippen molar-refractivity contribution < 1.29 is 19.7 Å². The summed E-state index contributed by atoms with van der Waals surface area (Å²) in [5, 5.41) is 23.1. The molecule has 160 valence electrons. The molecule has 0 saturated heterocycles. The van der Waals surface area contributed by atoms with Crippen molar-refractivity contribution in [1.29, 1.82) is 0 Å². The van der Waals surface area contributed by atoms with Crippen LogP contribution in [0.5, 0.6) is 0 Å². The highest BCUT2D eigenvalue weighted by Crippen LogP contribution is 2.44. The summed E-state index contributed by atoms with van der Waals surface area (Å²) in [5.74, 6) is -0.0624. The molecule has 0 bridgehead atoms. The lowest BCUT2D eigenvalue weighted by atomic mass is 9.98. The fourth-order valence-corrected chi connectivity index (χ4v) is 4.26. The van der Waals surface area contributed by atoms with E-state index in [1.54, 1.807) is 0 Å². The van der Waals surface area contributed by atoms with Gasteiger partial charge in [0.05, 0.1) is 0 Å². The molecule has 3 aromatic rings. The molecule has 2 unspecified atom stereocenters. The van der Waals surface area contributed by atoms with Crippen molar-refractivity contribution >= 4 is 29.3 Å². The molecule has 4 rings (SSSR count). The van der Waals surface area contributed by atoms with E-state index in [2.05, 4.69) is 22.4 Å². The van der Waals surface area contributed by atoms with Crippen LogP contribution >= 0.6 is 23.2 Å². The van der Waals surface area contributed by atoms with Gasteiger partial charge in [-0.15, -0.1) is 0 Å². The molecule has 2 atom stereocenters. The number of ether oxygens (including phenoxy) is 1. The molecule has 6 nitrogen and oxygen atoms in total. The fraction of sp³-hybridized carbons (Fsp3) is 0.217. The molecule has 3 N–H and O–H groups in total. The van der Waals surface area contributed by atoms with E-state index < -0.39 is 18.3 Å². The lowest BCUT2D eigenvalue weighted by Crippen LogP contribution is -2.36. The fourth-order valence-electron chi connectivity index (χ4n) is 3.80. The van der Waals surface area contributed by atoms with Crippen LogP contribution < -0.4 is 5.32 Å². The Labute approximate surface area is 189 Å². The molecule has 0 fully saturated rings. The number of carbonyl (C=O) groups is 1. The van der Waals surface area contributed by atoms with Gasteiger partial charge in [0.1, 0.15) is 29.1 Å². The minimum Gasteiger partial charge on any atom is -0.449 e. The van der Waals surface area contributed by atoms with Crippen molar-refractivity contribution in [3.05, 3.63) is 87.7 Å². The molecule has 0 spiro atoms. The molecule has 0 aliphatic heterocycles. The molecule has 0 saturated carbocycles. The number of amides is 1. The van der Waals surface area contributed by atoms with E-state index in [4.69, 9.17) is 27.9 Å². The summed E-state index contributed by atoms with van der Waals surface area (Å²) in [5.41, 5.74) is 4.71. The Balaban J connectivity index is 1.35. The molecule has 1 aliphatic rings. The second-order valence-electron chi connectivity index (χ2n) is 7.23. The predicted octanol–water partition coefficient (Wildman–Crippen LogP) is 4.32. The van der Waals surface area contributed by atoms with Gasteiger partial charge in [0.25, 0.3) is 0 Å². The van der Waals surface area contributed by atoms with E-state index in [1.165, 1.54) is 12.1 Å². The topological polar surface area (TPSA) is 91.7 Å². The molecule has 2 aromatic carbocycles. The smallest absolute Gasteiger partial charge is 0.407 e. The van der Waals surface area contributed by atoms with Crippen molar-refractivity contribution in [2.75, 3.05) is 13.2 Å². The monoisotopic (exact) mass is 458 g/mol. The molecule has 1 aromatic heterocycles. The number of rotatable bonds is 6. The number of nitrogens with zero attached hydrogens (tertiary/aromatic N) is 1. The number of benzene rings is 2. The first kappa shape index (κ1) is 21.6. The molecule has 1 amide bonds. The van der Waals surface area contributed by atoms with Crippen LogP contribution in [0.25, 0.3) is 11.1 Å². The Bertz CT molecular complexity index is 1060. The Morgan fingerprint density at radius 2 is 1.61 bits per heavy atom. The average molecular weight is 459 g/mol. The standard InChI is InChI=1S/C23H20Cl2N2O4/c24-20-10-9-17(22(25)27-20)21(29)19(28)11-26-23(30)31-12-18-15-7-3-1-5-13(15)14-6-2-4-8-16(14)18/h1-10,18-19,21,28-29H,11-12H2,(H,26,30). The van der Waals surface area contributed by atoms with Crippen LogP contribution in [0.15, 0.2) is 60.7 Å². The van der Waals surface area contributed by atoms with Gasteiger partial charge in [-0.25, -0.2) is 9.78 Å². The Kier molecular flexibility index (Phi) is 6.43. The van der Waals surface area contributed by atoms with E-state index in [1.807, 2.05) is 36.4 Å². The normalized spacial score (nSPS) is 14.5. The Morgan fingerprint density at radius 1 is 1.00 bits per heavy atom. The number of aliphatic hydroxyl groups is 2. The maximum atomic E-state index is 12.2. The number of carbonyl (C=O) groups excluding carboxylic acids is 1. The molecule has 8 heteroatoms. The Hall–Kier alpha value is -2.64. The van der Waals surface area contributed by atoms with Crippen molar-refractivity contribution in [2.24, 2.45) is 0 Å². The zero-order valence-corrected chi connectivity index (χ0v) is 17.8. The highest BCUT2D eigenvalue weighted by Gasteiger charge is 2.29. The van der Waals surface area contributed by atoms with Gasteiger partial charge in [0, 0.05) is 18.0 Å². The number of alkyl carbamates (subject to hydrolysis) is 1. The Morgan fingerprint density at radius 3 is 2.23 bits per heavy atom. The number of nitrogens with one attached hydrogen (secondary N) is 1. The number of fused-ring (bicyclic) bond motifs is 3. The summed E-state index contributed by atoms with van der Waals surface area (Å²) in [6.07, 6.45) is -3.33. The zero-order chi connectivity index (χ0) is 22.0. The molecule has 1 heterocycles. The van der Waals surface area contributed by atoms with E-state index in [0.29, 0.717) is 0 Å². The quantitative estimate of drug-likeness (QED) is 0.478. The summed E-state index contributed by atoms with van der Waals surface area (Å²) in [6.45, 7) is -0.0672. The van der Waals surface area contributed by atoms with Crippen LogP contribution in [-0.4, -0.2) is 40.5 Å². The van der Waals surface area contributed by atoms with Gasteiger partial charge in [-0.3, -0.25) is 0 Å². The third-order valence-corrected chi connectivity index (χ3v) is 5.84. The number of aliphatic hydroxyl groups excluding tert-OH is 2. The van der Waals surface area contributed by atoms with Crippen molar-refractivity contribution in [1.82, 2.24) is 10.3 Å². The van der Waals surface area contributed by atoms with Crippen LogP contribution in [-0.2, 0) is 4.74 Å². The summed E-state index contributed by atoms with van der Waals surface area (Å²) < 4.78 is 5.42. The molecule has 1 aliphatic carbocycles. The first-order valence-corrected chi connectivity index (χ1v) is 10.5. The lowest BCUT2D eigenvalue weighted by molar-refractivity contribution is 0.0184. The number of aromatic nitrogens is 1. The van der Waals surface area contributed by atoms with Gasteiger partial charge in [0.15, 0.2) is 0 Å². The molecular formula is C23H20Cl2N2O4. The number of halogens is 2. The highest BCUT2D eigenvalue weighted by atomic mass is 35.5. The van der Waals surface area contributed by atoms with Crippen molar-refractivity contribution in [2.45, 2.75) is 18.1 Å². The van der Waals surface area contributed by atoms with E-state index in [0.717, 1.165) is 22.3 Å². The molecular weight excluding hydrogens is 439 g/mol. The predicted molar refractivity (Wildman–Crippen MR) is 118 cm³/mol. The summed E-state index contributed by atoms with van der Waals surface area (Å²) in [6, 6.07) is 19.0. The van der Waals surface area contributed by atoms with Crippen LogP contribution in [0.3, 0.4) is 0 Å². The minimum atomic E-state index is -1.34. The van der Waals surface area contributed by atoms with Crippen molar-refractivity contribution in [3.8, 4) is 11.1 Å². The average Bonchev–Trinajstić information content (AvgIpc) is 3.09. The second-order valence-corrected chi connectivity index (χ2v) is 7.98. The van der Waals surface area contributed by atoms with Gasteiger partial charge in [-0.2, -0.15) is 0 Å². The first-order chi connectivity index (χ1) is 15.0. The van der Waals surface area contributed by atoms with Gasteiger partial charge < -0.3 is 20.3 Å². The third-order valence-electron chi connectivity index (χ3n) is 5.33.